The second-order valence-corrected chi connectivity index (χ2v) is 6.06. The van der Waals surface area contributed by atoms with E-state index < -0.39 is 0 Å². The molecule has 1 aromatic carbocycles. The Labute approximate surface area is 124 Å². The molecule has 1 unspecified atom stereocenters. The molecular formula is C15H23N3OS. The zero-order valence-electron chi connectivity index (χ0n) is 12.2. The maximum Gasteiger partial charge on any atom is 0.166 e. The van der Waals surface area contributed by atoms with Gasteiger partial charge in [0.15, 0.2) is 5.16 Å². The molecule has 0 aliphatic rings. The minimum atomic E-state index is 0.309. The average Bonchev–Trinajstić information content (AvgIpc) is 2.80. The summed E-state index contributed by atoms with van der Waals surface area (Å²) in [4.78, 5) is 7.92. The van der Waals surface area contributed by atoms with Gasteiger partial charge in [0.2, 0.25) is 0 Å². The third kappa shape index (κ3) is 4.42. The van der Waals surface area contributed by atoms with Crippen LogP contribution in [0.1, 0.15) is 33.1 Å². The minimum absolute atomic E-state index is 0.309. The molecule has 5 heteroatoms. The van der Waals surface area contributed by atoms with E-state index in [9.17, 15) is 0 Å². The van der Waals surface area contributed by atoms with E-state index in [1.54, 1.807) is 11.8 Å². The summed E-state index contributed by atoms with van der Waals surface area (Å²) in [6, 6.07) is 6.27. The highest BCUT2D eigenvalue weighted by atomic mass is 32.2. The van der Waals surface area contributed by atoms with Crippen molar-refractivity contribution in [1.82, 2.24) is 9.97 Å². The Morgan fingerprint density at radius 1 is 1.40 bits per heavy atom. The summed E-state index contributed by atoms with van der Waals surface area (Å²) >= 11 is 1.77. The van der Waals surface area contributed by atoms with Crippen molar-refractivity contribution in [2.45, 2.75) is 44.3 Å². The van der Waals surface area contributed by atoms with E-state index in [1.165, 1.54) is 12.8 Å². The van der Waals surface area contributed by atoms with E-state index >= 15 is 0 Å². The van der Waals surface area contributed by atoms with Crippen LogP contribution in [0.25, 0.3) is 11.0 Å². The van der Waals surface area contributed by atoms with Gasteiger partial charge in [-0.1, -0.05) is 18.2 Å². The molecular weight excluding hydrogens is 270 g/mol. The van der Waals surface area contributed by atoms with Crippen LogP contribution >= 0.6 is 11.8 Å². The number of aromatic nitrogens is 2. The predicted molar refractivity (Wildman–Crippen MR) is 85.5 cm³/mol. The van der Waals surface area contributed by atoms with Crippen LogP contribution in [0.15, 0.2) is 23.4 Å². The number of thioether (sulfide) groups is 1. The zero-order chi connectivity index (χ0) is 14.4. The quantitative estimate of drug-likeness (QED) is 0.577. The van der Waals surface area contributed by atoms with Gasteiger partial charge in [-0.05, 0) is 38.8 Å². The monoisotopic (exact) mass is 293 g/mol. The van der Waals surface area contributed by atoms with Crippen molar-refractivity contribution in [3.05, 3.63) is 18.2 Å². The summed E-state index contributed by atoms with van der Waals surface area (Å²) < 4.78 is 5.49. The van der Waals surface area contributed by atoms with Crippen molar-refractivity contribution in [3.63, 3.8) is 0 Å². The standard InChI is InChI=1S/C15H23N3OS/c1-3-19-12-7-8-13-14(10-12)18-15(17-13)20-9-5-4-6-11(2)16/h7-8,10-11H,3-6,9,16H2,1-2H3,(H,17,18). The Balaban J connectivity index is 1.87. The van der Waals surface area contributed by atoms with Crippen molar-refractivity contribution in [2.75, 3.05) is 12.4 Å². The van der Waals surface area contributed by atoms with Crippen LogP contribution in [0.5, 0.6) is 5.75 Å². The molecule has 0 saturated heterocycles. The zero-order valence-corrected chi connectivity index (χ0v) is 13.0. The van der Waals surface area contributed by atoms with Crippen LogP contribution in [0, 0.1) is 0 Å². The molecule has 2 rings (SSSR count). The van der Waals surface area contributed by atoms with Gasteiger partial charge in [-0.3, -0.25) is 0 Å². The van der Waals surface area contributed by atoms with Crippen molar-refractivity contribution < 1.29 is 4.74 Å². The normalized spacial score (nSPS) is 12.8. The molecule has 1 aromatic heterocycles. The first-order valence-electron chi connectivity index (χ1n) is 7.20. The molecule has 3 N–H and O–H groups in total. The lowest BCUT2D eigenvalue weighted by Gasteiger charge is -2.03. The van der Waals surface area contributed by atoms with E-state index in [0.29, 0.717) is 12.6 Å². The van der Waals surface area contributed by atoms with Crippen molar-refractivity contribution in [3.8, 4) is 5.75 Å². The number of aromatic amines is 1. The molecule has 110 valence electrons. The van der Waals surface area contributed by atoms with Crippen molar-refractivity contribution in [1.29, 1.82) is 0 Å². The first-order valence-corrected chi connectivity index (χ1v) is 8.18. The van der Waals surface area contributed by atoms with Crippen molar-refractivity contribution >= 4 is 22.8 Å². The summed E-state index contributed by atoms with van der Waals surface area (Å²) in [5, 5.41) is 0.981. The molecule has 0 amide bonds. The Morgan fingerprint density at radius 3 is 3.00 bits per heavy atom. The van der Waals surface area contributed by atoms with Gasteiger partial charge in [0.05, 0.1) is 17.6 Å². The number of benzene rings is 1. The first-order chi connectivity index (χ1) is 9.69. The molecule has 1 atom stereocenters. The fraction of sp³-hybridized carbons (Fsp3) is 0.533. The van der Waals surface area contributed by atoms with Crippen LogP contribution < -0.4 is 10.5 Å². The molecule has 4 nitrogen and oxygen atoms in total. The second kappa shape index (κ2) is 7.55. The summed E-state index contributed by atoms with van der Waals surface area (Å²) in [5.74, 6) is 1.96. The van der Waals surface area contributed by atoms with Gasteiger partial charge in [0, 0.05) is 17.9 Å². The second-order valence-electron chi connectivity index (χ2n) is 4.98. The Kier molecular flexibility index (Phi) is 5.73. The van der Waals surface area contributed by atoms with Gasteiger partial charge in [0.25, 0.3) is 0 Å². The Bertz CT molecular complexity index is 539. The molecule has 20 heavy (non-hydrogen) atoms. The average molecular weight is 293 g/mol. The fourth-order valence-electron chi connectivity index (χ4n) is 2.03. The Hall–Kier alpha value is -1.20. The Morgan fingerprint density at radius 2 is 2.25 bits per heavy atom. The van der Waals surface area contributed by atoms with E-state index in [0.717, 1.165) is 34.1 Å². The summed E-state index contributed by atoms with van der Waals surface area (Å²) in [5.41, 5.74) is 7.77. The lowest BCUT2D eigenvalue weighted by molar-refractivity contribution is 0.340. The number of rotatable bonds is 8. The van der Waals surface area contributed by atoms with Crippen LogP contribution in [0.4, 0.5) is 0 Å². The van der Waals surface area contributed by atoms with Gasteiger partial charge in [-0.15, -0.1) is 0 Å². The van der Waals surface area contributed by atoms with E-state index in [-0.39, 0.29) is 0 Å². The maximum atomic E-state index is 5.74. The highest BCUT2D eigenvalue weighted by Crippen LogP contribution is 2.24. The van der Waals surface area contributed by atoms with Crippen molar-refractivity contribution in [2.24, 2.45) is 5.73 Å². The molecule has 2 aromatic rings. The minimum Gasteiger partial charge on any atom is -0.494 e. The fourth-order valence-corrected chi connectivity index (χ4v) is 2.91. The largest absolute Gasteiger partial charge is 0.494 e. The molecule has 0 fully saturated rings. The number of hydrogen-bond acceptors (Lipinski definition) is 4. The number of imidazole rings is 1. The summed E-state index contributed by atoms with van der Waals surface area (Å²) in [6.45, 7) is 4.73. The smallest absolute Gasteiger partial charge is 0.166 e. The van der Waals surface area contributed by atoms with Gasteiger partial charge in [0.1, 0.15) is 5.75 Å². The number of nitrogens with one attached hydrogen (secondary N) is 1. The SMILES string of the molecule is CCOc1ccc2nc(SCCCCC(C)N)[nH]c2c1. The van der Waals surface area contributed by atoms with Gasteiger partial charge in [-0.2, -0.15) is 0 Å². The summed E-state index contributed by atoms with van der Waals surface area (Å²) in [7, 11) is 0. The number of nitrogens with zero attached hydrogens (tertiary/aromatic N) is 1. The molecule has 0 saturated carbocycles. The van der Waals surface area contributed by atoms with Gasteiger partial charge in [-0.25, -0.2) is 4.98 Å². The molecule has 0 bridgehead atoms. The predicted octanol–water partition coefficient (Wildman–Crippen LogP) is 3.57. The lowest BCUT2D eigenvalue weighted by Crippen LogP contribution is -2.13. The highest BCUT2D eigenvalue weighted by molar-refractivity contribution is 7.99. The molecule has 0 radical (unpaired) electrons. The highest BCUT2D eigenvalue weighted by Gasteiger charge is 2.05. The van der Waals surface area contributed by atoms with E-state index in [4.69, 9.17) is 10.5 Å². The number of ether oxygens (including phenoxy) is 1. The number of H-pyrrole nitrogens is 1. The summed E-state index contributed by atoms with van der Waals surface area (Å²) in [6.07, 6.45) is 3.45. The van der Waals surface area contributed by atoms with Crippen LogP contribution in [-0.4, -0.2) is 28.4 Å². The molecule has 1 heterocycles. The molecule has 0 aliphatic heterocycles. The van der Waals surface area contributed by atoms with Gasteiger partial charge < -0.3 is 15.5 Å². The van der Waals surface area contributed by atoms with E-state index in [1.807, 2.05) is 25.1 Å². The van der Waals surface area contributed by atoms with Crippen LogP contribution in [0.2, 0.25) is 0 Å². The number of nitrogens with two attached hydrogens (primary N) is 1. The third-order valence-electron chi connectivity index (χ3n) is 3.04. The molecule has 0 aliphatic carbocycles. The van der Waals surface area contributed by atoms with Gasteiger partial charge >= 0.3 is 0 Å². The van der Waals surface area contributed by atoms with Crippen LogP contribution in [0.3, 0.4) is 0 Å². The van der Waals surface area contributed by atoms with E-state index in [2.05, 4.69) is 16.9 Å². The third-order valence-corrected chi connectivity index (χ3v) is 3.99. The maximum absolute atomic E-state index is 5.74. The van der Waals surface area contributed by atoms with Crippen LogP contribution in [-0.2, 0) is 0 Å². The number of fused-ring (bicyclic) bond motifs is 1. The molecule has 0 spiro atoms. The topological polar surface area (TPSA) is 63.9 Å². The number of unbranched alkanes of at least 4 members (excludes halogenated alkanes) is 1. The lowest BCUT2D eigenvalue weighted by atomic mass is 10.2. The first kappa shape index (κ1) is 15.2. The number of hydrogen-bond donors (Lipinski definition) is 2.